The monoisotopic (exact) mass is 247 g/mol. The summed E-state index contributed by atoms with van der Waals surface area (Å²) in [5, 5.41) is 10.9. The van der Waals surface area contributed by atoms with Crippen LogP contribution < -0.4 is 5.32 Å². The van der Waals surface area contributed by atoms with Crippen molar-refractivity contribution in [2.75, 3.05) is 7.11 Å². The Balaban J connectivity index is 1.92. The van der Waals surface area contributed by atoms with Gasteiger partial charge < -0.3 is 10.1 Å². The number of hydrogen-bond donors (Lipinski definition) is 1. The number of methoxy groups -OCH3 is 1. The van der Waals surface area contributed by atoms with Crippen molar-refractivity contribution >= 4 is 0 Å². The highest BCUT2D eigenvalue weighted by molar-refractivity contribution is 5.26. The summed E-state index contributed by atoms with van der Waals surface area (Å²) in [5.41, 5.74) is 4.10. The van der Waals surface area contributed by atoms with E-state index in [0.717, 1.165) is 17.9 Å². The lowest BCUT2D eigenvalue weighted by Crippen LogP contribution is -2.15. The minimum atomic E-state index is 0.627. The summed E-state index contributed by atoms with van der Waals surface area (Å²) in [5.74, 6) is 0. The van der Waals surface area contributed by atoms with Crippen LogP contribution in [0.3, 0.4) is 0 Å². The van der Waals surface area contributed by atoms with Crippen LogP contribution in [0.5, 0.6) is 0 Å². The van der Waals surface area contributed by atoms with E-state index < -0.39 is 0 Å². The van der Waals surface area contributed by atoms with Gasteiger partial charge in [0.15, 0.2) is 0 Å². The van der Waals surface area contributed by atoms with Crippen molar-refractivity contribution in [2.24, 2.45) is 0 Å². The molecular formula is C13H17N3O2. The zero-order valence-corrected chi connectivity index (χ0v) is 10.6. The standard InChI is InChI=1S/C13H17N3O2/c1-10-13(16-18-15-10)8-14-7-11-5-3-4-6-12(11)9-17-2/h3-6,14H,7-9H2,1-2H3. The molecule has 1 aromatic heterocycles. The molecule has 0 atom stereocenters. The van der Waals surface area contributed by atoms with E-state index in [1.165, 1.54) is 11.1 Å². The second kappa shape index (κ2) is 6.28. The van der Waals surface area contributed by atoms with Gasteiger partial charge in [0.05, 0.1) is 6.61 Å². The maximum Gasteiger partial charge on any atom is 0.121 e. The molecule has 0 spiro atoms. The molecule has 1 heterocycles. The molecule has 1 N–H and O–H groups in total. The molecule has 0 unspecified atom stereocenters. The first-order chi connectivity index (χ1) is 8.81. The highest BCUT2D eigenvalue weighted by Crippen LogP contribution is 2.10. The first kappa shape index (κ1) is 12.7. The second-order valence-corrected chi connectivity index (χ2v) is 4.10. The molecule has 1 aromatic carbocycles. The lowest BCUT2D eigenvalue weighted by atomic mass is 10.1. The predicted molar refractivity (Wildman–Crippen MR) is 66.7 cm³/mol. The van der Waals surface area contributed by atoms with Crippen LogP contribution >= 0.6 is 0 Å². The van der Waals surface area contributed by atoms with E-state index in [2.05, 4.69) is 32.4 Å². The van der Waals surface area contributed by atoms with Gasteiger partial charge in [0.25, 0.3) is 0 Å². The summed E-state index contributed by atoms with van der Waals surface area (Å²) >= 11 is 0. The summed E-state index contributed by atoms with van der Waals surface area (Å²) in [6.45, 7) is 3.93. The van der Waals surface area contributed by atoms with Crippen molar-refractivity contribution in [1.29, 1.82) is 0 Å². The minimum Gasteiger partial charge on any atom is -0.380 e. The largest absolute Gasteiger partial charge is 0.380 e. The SMILES string of the molecule is COCc1ccccc1CNCc1nonc1C. The molecule has 0 bridgehead atoms. The van der Waals surface area contributed by atoms with Gasteiger partial charge in [-0.25, -0.2) is 4.63 Å². The fourth-order valence-electron chi connectivity index (χ4n) is 1.75. The topological polar surface area (TPSA) is 60.2 Å². The van der Waals surface area contributed by atoms with E-state index in [1.54, 1.807) is 7.11 Å². The average molecular weight is 247 g/mol. The van der Waals surface area contributed by atoms with Crippen molar-refractivity contribution in [3.63, 3.8) is 0 Å². The third-order valence-corrected chi connectivity index (χ3v) is 2.77. The first-order valence-electron chi connectivity index (χ1n) is 5.85. The van der Waals surface area contributed by atoms with Gasteiger partial charge >= 0.3 is 0 Å². The van der Waals surface area contributed by atoms with Crippen LogP contribution in [0.2, 0.25) is 0 Å². The molecule has 18 heavy (non-hydrogen) atoms. The fraction of sp³-hybridized carbons (Fsp3) is 0.385. The van der Waals surface area contributed by atoms with Gasteiger partial charge in [0.2, 0.25) is 0 Å². The Hall–Kier alpha value is -1.72. The molecule has 96 valence electrons. The van der Waals surface area contributed by atoms with Crippen LogP contribution in [0, 0.1) is 6.92 Å². The number of nitrogens with zero attached hydrogens (tertiary/aromatic N) is 2. The van der Waals surface area contributed by atoms with E-state index >= 15 is 0 Å². The first-order valence-corrected chi connectivity index (χ1v) is 5.85. The van der Waals surface area contributed by atoms with Crippen molar-refractivity contribution < 1.29 is 9.37 Å². The van der Waals surface area contributed by atoms with Gasteiger partial charge in [-0.05, 0) is 18.1 Å². The Bertz CT molecular complexity index is 496. The molecule has 0 saturated carbocycles. The third kappa shape index (κ3) is 3.15. The summed E-state index contributed by atoms with van der Waals surface area (Å²) in [4.78, 5) is 0. The molecular weight excluding hydrogens is 230 g/mol. The molecule has 0 aliphatic rings. The Morgan fingerprint density at radius 1 is 1.17 bits per heavy atom. The Kier molecular flexibility index (Phi) is 4.44. The van der Waals surface area contributed by atoms with Crippen LogP contribution in [0.25, 0.3) is 0 Å². The molecule has 2 aromatic rings. The highest BCUT2D eigenvalue weighted by atomic mass is 16.6. The summed E-state index contributed by atoms with van der Waals surface area (Å²) < 4.78 is 9.83. The van der Waals surface area contributed by atoms with Gasteiger partial charge in [-0.2, -0.15) is 0 Å². The van der Waals surface area contributed by atoms with E-state index in [4.69, 9.17) is 4.74 Å². The zero-order valence-electron chi connectivity index (χ0n) is 10.6. The molecule has 0 amide bonds. The number of benzene rings is 1. The molecule has 5 heteroatoms. The number of aromatic nitrogens is 2. The molecule has 0 saturated heterocycles. The van der Waals surface area contributed by atoms with E-state index in [-0.39, 0.29) is 0 Å². The smallest absolute Gasteiger partial charge is 0.121 e. The van der Waals surface area contributed by atoms with Crippen LogP contribution in [0.4, 0.5) is 0 Å². The van der Waals surface area contributed by atoms with Crippen LogP contribution in [-0.4, -0.2) is 17.4 Å². The zero-order chi connectivity index (χ0) is 12.8. The quantitative estimate of drug-likeness (QED) is 0.843. The van der Waals surface area contributed by atoms with Crippen molar-refractivity contribution in [3.05, 3.63) is 46.8 Å². The number of rotatable bonds is 6. The molecule has 0 aliphatic carbocycles. The number of nitrogens with one attached hydrogen (secondary N) is 1. The van der Waals surface area contributed by atoms with Crippen molar-refractivity contribution in [1.82, 2.24) is 15.6 Å². The minimum absolute atomic E-state index is 0.627. The predicted octanol–water partition coefficient (Wildman–Crippen LogP) is 1.81. The van der Waals surface area contributed by atoms with Crippen LogP contribution in [0.15, 0.2) is 28.9 Å². The number of ether oxygens (including phenoxy) is 1. The third-order valence-electron chi connectivity index (χ3n) is 2.77. The lowest BCUT2D eigenvalue weighted by Gasteiger charge is -2.09. The molecule has 5 nitrogen and oxygen atoms in total. The molecule has 0 radical (unpaired) electrons. The highest BCUT2D eigenvalue weighted by Gasteiger charge is 2.05. The van der Waals surface area contributed by atoms with Crippen molar-refractivity contribution in [3.8, 4) is 0 Å². The van der Waals surface area contributed by atoms with E-state index in [9.17, 15) is 0 Å². The molecule has 0 aliphatic heterocycles. The summed E-state index contributed by atoms with van der Waals surface area (Å²) in [6, 6.07) is 8.21. The maximum absolute atomic E-state index is 5.17. The summed E-state index contributed by atoms with van der Waals surface area (Å²) in [7, 11) is 1.70. The lowest BCUT2D eigenvalue weighted by molar-refractivity contribution is 0.184. The van der Waals surface area contributed by atoms with Gasteiger partial charge in [0, 0.05) is 20.2 Å². The Labute approximate surface area is 106 Å². The Morgan fingerprint density at radius 2 is 1.94 bits per heavy atom. The average Bonchev–Trinajstić information content (AvgIpc) is 2.78. The number of hydrogen-bond acceptors (Lipinski definition) is 5. The Morgan fingerprint density at radius 3 is 2.61 bits per heavy atom. The number of aryl methyl sites for hydroxylation is 1. The summed E-state index contributed by atoms with van der Waals surface area (Å²) in [6.07, 6.45) is 0. The maximum atomic E-state index is 5.17. The fourth-order valence-corrected chi connectivity index (χ4v) is 1.75. The van der Waals surface area contributed by atoms with E-state index in [1.807, 2.05) is 19.1 Å². The van der Waals surface area contributed by atoms with Gasteiger partial charge in [0.1, 0.15) is 11.4 Å². The van der Waals surface area contributed by atoms with Gasteiger partial charge in [-0.15, -0.1) is 0 Å². The van der Waals surface area contributed by atoms with Gasteiger partial charge in [-0.1, -0.05) is 34.6 Å². The normalized spacial score (nSPS) is 10.8. The van der Waals surface area contributed by atoms with Crippen LogP contribution in [0.1, 0.15) is 22.5 Å². The second-order valence-electron chi connectivity index (χ2n) is 4.10. The molecule has 2 rings (SSSR count). The van der Waals surface area contributed by atoms with Gasteiger partial charge in [-0.3, -0.25) is 0 Å². The molecule has 0 fully saturated rings. The van der Waals surface area contributed by atoms with Crippen molar-refractivity contribution in [2.45, 2.75) is 26.6 Å². The van der Waals surface area contributed by atoms with Crippen LogP contribution in [-0.2, 0) is 24.4 Å². The van der Waals surface area contributed by atoms with E-state index in [0.29, 0.717) is 13.2 Å².